The van der Waals surface area contributed by atoms with E-state index in [0.717, 1.165) is 24.5 Å². The molecular weight excluding hydrogens is 306 g/mol. The van der Waals surface area contributed by atoms with E-state index < -0.39 is 0 Å². The van der Waals surface area contributed by atoms with Crippen LogP contribution in [0.2, 0.25) is 0 Å². The van der Waals surface area contributed by atoms with Crippen molar-refractivity contribution in [3.63, 3.8) is 0 Å². The number of benzene rings is 1. The van der Waals surface area contributed by atoms with Crippen LogP contribution in [0.25, 0.3) is 0 Å². The maximum Gasteiger partial charge on any atom is 0.195 e. The Morgan fingerprint density at radius 1 is 1.17 bits per heavy atom. The van der Waals surface area contributed by atoms with Crippen LogP contribution in [0.3, 0.4) is 0 Å². The van der Waals surface area contributed by atoms with E-state index in [2.05, 4.69) is 50.0 Å². The maximum absolute atomic E-state index is 5.87. The highest BCUT2D eigenvalue weighted by Crippen LogP contribution is 2.24. The Morgan fingerprint density at radius 3 is 2.48 bits per heavy atom. The van der Waals surface area contributed by atoms with Crippen molar-refractivity contribution in [1.29, 1.82) is 0 Å². The van der Waals surface area contributed by atoms with Crippen LogP contribution in [0.4, 0.5) is 0 Å². The normalized spacial score (nSPS) is 11.7. The van der Waals surface area contributed by atoms with E-state index in [4.69, 9.17) is 17.0 Å². The number of ether oxygens (including phenoxy) is 1. The first kappa shape index (κ1) is 17.7. The van der Waals surface area contributed by atoms with Gasteiger partial charge in [-0.05, 0) is 41.7 Å². The van der Waals surface area contributed by atoms with E-state index >= 15 is 0 Å². The van der Waals surface area contributed by atoms with E-state index in [1.807, 2.05) is 16.7 Å². The fourth-order valence-electron chi connectivity index (χ4n) is 2.41. The van der Waals surface area contributed by atoms with Gasteiger partial charge in [0, 0.05) is 6.54 Å². The molecule has 2 rings (SSSR count). The summed E-state index contributed by atoms with van der Waals surface area (Å²) in [6, 6.07) is 8.27. The number of unbranched alkanes of at least 4 members (excludes halogenated alkanes) is 2. The lowest BCUT2D eigenvalue weighted by atomic mass is 9.87. The molecule has 0 fully saturated rings. The molecule has 2 aromatic rings. The average Bonchev–Trinajstić information content (AvgIpc) is 2.86. The van der Waals surface area contributed by atoms with Gasteiger partial charge >= 0.3 is 0 Å². The lowest BCUT2D eigenvalue weighted by Crippen LogP contribution is -2.11. The fraction of sp³-hybridized carbons (Fsp3) is 0.556. The lowest BCUT2D eigenvalue weighted by molar-refractivity contribution is 0.287. The number of rotatable bonds is 7. The van der Waals surface area contributed by atoms with Crippen molar-refractivity contribution in [2.24, 2.45) is 0 Å². The van der Waals surface area contributed by atoms with E-state index in [0.29, 0.717) is 11.4 Å². The third kappa shape index (κ3) is 4.93. The van der Waals surface area contributed by atoms with Crippen molar-refractivity contribution in [1.82, 2.24) is 14.8 Å². The van der Waals surface area contributed by atoms with Gasteiger partial charge in [-0.3, -0.25) is 5.10 Å². The van der Waals surface area contributed by atoms with Crippen molar-refractivity contribution < 1.29 is 4.74 Å². The van der Waals surface area contributed by atoms with Crippen molar-refractivity contribution in [2.45, 2.75) is 65.5 Å². The van der Waals surface area contributed by atoms with Crippen LogP contribution < -0.4 is 4.74 Å². The van der Waals surface area contributed by atoms with Crippen molar-refractivity contribution in [2.75, 3.05) is 0 Å². The Labute approximate surface area is 143 Å². The van der Waals surface area contributed by atoms with Crippen molar-refractivity contribution in [3.8, 4) is 5.75 Å². The summed E-state index contributed by atoms with van der Waals surface area (Å²) in [6.45, 7) is 10.1. The molecule has 0 unspecified atom stereocenters. The molecule has 1 heterocycles. The number of hydrogen-bond acceptors (Lipinski definition) is 3. The second kappa shape index (κ2) is 7.77. The van der Waals surface area contributed by atoms with Gasteiger partial charge in [0.15, 0.2) is 10.6 Å². The van der Waals surface area contributed by atoms with Crippen LogP contribution in [-0.2, 0) is 18.6 Å². The zero-order chi connectivity index (χ0) is 16.9. The Kier molecular flexibility index (Phi) is 5.99. The molecule has 0 aliphatic rings. The van der Waals surface area contributed by atoms with Crippen LogP contribution in [-0.4, -0.2) is 14.8 Å². The molecule has 0 aliphatic carbocycles. The Balaban J connectivity index is 1.99. The minimum absolute atomic E-state index is 0.153. The van der Waals surface area contributed by atoms with Gasteiger partial charge in [-0.1, -0.05) is 52.7 Å². The van der Waals surface area contributed by atoms with Gasteiger partial charge in [0.25, 0.3) is 0 Å². The van der Waals surface area contributed by atoms with E-state index in [9.17, 15) is 0 Å². The van der Waals surface area contributed by atoms with Gasteiger partial charge in [0.2, 0.25) is 0 Å². The maximum atomic E-state index is 5.87. The van der Waals surface area contributed by atoms with Crippen molar-refractivity contribution >= 4 is 12.2 Å². The Hall–Kier alpha value is -1.62. The Bertz CT molecular complexity index is 665. The summed E-state index contributed by atoms with van der Waals surface area (Å²) >= 11 is 5.30. The number of nitrogens with one attached hydrogen (secondary N) is 1. The molecule has 0 atom stereocenters. The van der Waals surface area contributed by atoms with E-state index in [1.54, 1.807) is 0 Å². The van der Waals surface area contributed by atoms with Gasteiger partial charge in [0.05, 0.1) is 0 Å². The average molecular weight is 334 g/mol. The molecule has 0 amide bonds. The summed E-state index contributed by atoms with van der Waals surface area (Å²) in [4.78, 5) is 0. The largest absolute Gasteiger partial charge is 0.486 e. The number of nitrogens with zero attached hydrogens (tertiary/aromatic N) is 2. The summed E-state index contributed by atoms with van der Waals surface area (Å²) in [5.41, 5.74) is 1.45. The first-order valence-corrected chi connectivity index (χ1v) is 8.70. The minimum atomic E-state index is 0.153. The number of H-pyrrole nitrogens is 1. The molecule has 1 aromatic carbocycles. The lowest BCUT2D eigenvalue weighted by Gasteiger charge is -2.19. The van der Waals surface area contributed by atoms with Crippen LogP contribution in [0.5, 0.6) is 5.75 Å². The molecule has 0 radical (unpaired) electrons. The summed E-state index contributed by atoms with van der Waals surface area (Å²) in [7, 11) is 0. The summed E-state index contributed by atoms with van der Waals surface area (Å²) < 4.78 is 8.58. The second-order valence-corrected chi connectivity index (χ2v) is 7.25. The van der Waals surface area contributed by atoms with Gasteiger partial charge in [0.1, 0.15) is 12.4 Å². The van der Waals surface area contributed by atoms with Crippen molar-refractivity contribution in [3.05, 3.63) is 40.4 Å². The molecular formula is C18H27N3OS. The van der Waals surface area contributed by atoms with Gasteiger partial charge in [-0.2, -0.15) is 5.10 Å². The molecule has 0 bridgehead atoms. The number of aromatic amines is 1. The minimum Gasteiger partial charge on any atom is -0.486 e. The standard InChI is InChI=1S/C18H27N3OS/c1-5-6-7-12-21-16(19-20-17(21)23)13-22-15-10-8-14(9-11-15)18(2,3)4/h8-11H,5-7,12-13H2,1-4H3,(H,20,23). The Morgan fingerprint density at radius 2 is 1.87 bits per heavy atom. The first-order valence-electron chi connectivity index (χ1n) is 8.29. The highest BCUT2D eigenvalue weighted by molar-refractivity contribution is 7.71. The van der Waals surface area contributed by atoms with Gasteiger partial charge in [-0.15, -0.1) is 0 Å². The molecule has 0 saturated heterocycles. The molecule has 0 spiro atoms. The first-order chi connectivity index (χ1) is 10.9. The highest BCUT2D eigenvalue weighted by atomic mass is 32.1. The van der Waals surface area contributed by atoms with Crippen LogP contribution in [0.15, 0.2) is 24.3 Å². The summed E-state index contributed by atoms with van der Waals surface area (Å²) in [5.74, 6) is 1.71. The van der Waals surface area contributed by atoms with Gasteiger partial charge in [-0.25, -0.2) is 0 Å². The van der Waals surface area contributed by atoms with Crippen LogP contribution >= 0.6 is 12.2 Å². The topological polar surface area (TPSA) is 42.8 Å². The third-order valence-corrected chi connectivity index (χ3v) is 4.22. The molecule has 5 heteroatoms. The predicted molar refractivity (Wildman–Crippen MR) is 96.4 cm³/mol. The summed E-state index contributed by atoms with van der Waals surface area (Å²) in [5, 5.41) is 7.15. The second-order valence-electron chi connectivity index (χ2n) is 6.87. The zero-order valence-electron chi connectivity index (χ0n) is 14.6. The molecule has 1 N–H and O–H groups in total. The summed E-state index contributed by atoms with van der Waals surface area (Å²) in [6.07, 6.45) is 3.50. The predicted octanol–water partition coefficient (Wildman–Crippen LogP) is 5.01. The zero-order valence-corrected chi connectivity index (χ0v) is 15.4. The molecule has 126 valence electrons. The van der Waals surface area contributed by atoms with E-state index in [-0.39, 0.29) is 5.41 Å². The smallest absolute Gasteiger partial charge is 0.195 e. The fourth-order valence-corrected chi connectivity index (χ4v) is 2.65. The third-order valence-electron chi connectivity index (χ3n) is 3.91. The monoisotopic (exact) mass is 333 g/mol. The molecule has 23 heavy (non-hydrogen) atoms. The number of aromatic nitrogens is 3. The molecule has 1 aromatic heterocycles. The quantitative estimate of drug-likeness (QED) is 0.572. The molecule has 0 aliphatic heterocycles. The van der Waals surface area contributed by atoms with Crippen LogP contribution in [0.1, 0.15) is 58.3 Å². The SMILES string of the molecule is CCCCCn1c(COc2ccc(C(C)(C)C)cc2)n[nH]c1=S. The van der Waals surface area contributed by atoms with Gasteiger partial charge < -0.3 is 9.30 Å². The highest BCUT2D eigenvalue weighted by Gasteiger charge is 2.13. The number of hydrogen-bond donors (Lipinski definition) is 1. The molecule has 4 nitrogen and oxygen atoms in total. The van der Waals surface area contributed by atoms with E-state index in [1.165, 1.54) is 18.4 Å². The van der Waals surface area contributed by atoms with Crippen LogP contribution in [0, 0.1) is 4.77 Å². The molecule has 0 saturated carbocycles.